The summed E-state index contributed by atoms with van der Waals surface area (Å²) in [6.07, 6.45) is -7.12. The fourth-order valence-corrected chi connectivity index (χ4v) is 4.57. The molecule has 2 aromatic carbocycles. The van der Waals surface area contributed by atoms with Gasteiger partial charge in [0.2, 0.25) is 0 Å². The largest absolute Gasteiger partial charge is 0.494 e. The zero-order valence-electron chi connectivity index (χ0n) is 18.3. The van der Waals surface area contributed by atoms with Gasteiger partial charge in [-0.1, -0.05) is 12.1 Å². The van der Waals surface area contributed by atoms with Gasteiger partial charge in [-0.3, -0.25) is 0 Å². The van der Waals surface area contributed by atoms with Gasteiger partial charge in [-0.15, -0.1) is 0 Å². The van der Waals surface area contributed by atoms with Gasteiger partial charge in [0.15, 0.2) is 6.10 Å². The first-order valence-electron chi connectivity index (χ1n) is 10.8. The molecule has 0 bridgehead atoms. The van der Waals surface area contributed by atoms with E-state index in [9.17, 15) is 32.6 Å². The normalized spacial score (nSPS) is 20.7. The number of methoxy groups -OCH3 is 1. The Bertz CT molecular complexity index is 1070. The summed E-state index contributed by atoms with van der Waals surface area (Å²) >= 11 is 0. The molecule has 1 fully saturated rings. The lowest BCUT2D eigenvalue weighted by atomic mass is 10.0. The molecule has 34 heavy (non-hydrogen) atoms. The number of ether oxygens (including phenoxy) is 1. The number of aliphatic hydroxyl groups is 2. The van der Waals surface area contributed by atoms with Crippen LogP contribution in [0.1, 0.15) is 41.7 Å². The molecule has 184 valence electrons. The first kappa shape index (κ1) is 24.1. The summed E-state index contributed by atoms with van der Waals surface area (Å²) in [7, 11) is 1.14. The van der Waals surface area contributed by atoms with Crippen molar-refractivity contribution in [2.75, 3.05) is 30.4 Å². The van der Waals surface area contributed by atoms with Crippen LogP contribution in [0.25, 0.3) is 0 Å². The van der Waals surface area contributed by atoms with Crippen LogP contribution in [-0.2, 0) is 6.42 Å². The molecule has 2 aromatic rings. The Balaban J connectivity index is 1.61. The molecule has 7 nitrogen and oxygen atoms in total. The van der Waals surface area contributed by atoms with E-state index in [0.717, 1.165) is 20.0 Å². The van der Waals surface area contributed by atoms with E-state index in [2.05, 4.69) is 10.6 Å². The zero-order chi connectivity index (χ0) is 24.6. The maximum atomic E-state index is 14.1. The number of alkyl halides is 3. The van der Waals surface area contributed by atoms with Gasteiger partial charge in [0.25, 0.3) is 0 Å². The van der Waals surface area contributed by atoms with E-state index in [0.29, 0.717) is 29.9 Å². The Morgan fingerprint density at radius 2 is 1.94 bits per heavy atom. The number of hydrogen-bond donors (Lipinski definition) is 4. The van der Waals surface area contributed by atoms with Gasteiger partial charge < -0.3 is 30.5 Å². The number of halogens is 4. The van der Waals surface area contributed by atoms with Crippen LogP contribution in [0.5, 0.6) is 5.75 Å². The molecule has 0 aromatic heterocycles. The number of amides is 2. The van der Waals surface area contributed by atoms with E-state index in [1.807, 2.05) is 4.90 Å². The molecule has 4 N–H and O–H groups in total. The monoisotopic (exact) mass is 483 g/mol. The Morgan fingerprint density at radius 3 is 2.56 bits per heavy atom. The highest BCUT2D eigenvalue weighted by molar-refractivity contribution is 5.92. The average molecular weight is 483 g/mol. The lowest BCUT2D eigenvalue weighted by Gasteiger charge is -2.25. The van der Waals surface area contributed by atoms with Crippen LogP contribution in [0.4, 0.5) is 33.7 Å². The predicted molar refractivity (Wildman–Crippen MR) is 116 cm³/mol. The van der Waals surface area contributed by atoms with Crippen LogP contribution in [0.3, 0.4) is 0 Å². The van der Waals surface area contributed by atoms with E-state index < -0.39 is 41.8 Å². The number of fused-ring (bicyclic) bond motifs is 1. The third kappa shape index (κ3) is 4.62. The van der Waals surface area contributed by atoms with E-state index in [1.165, 1.54) is 24.3 Å². The highest BCUT2D eigenvalue weighted by Gasteiger charge is 2.42. The minimum atomic E-state index is -4.94. The lowest BCUT2D eigenvalue weighted by Crippen LogP contribution is -2.40. The van der Waals surface area contributed by atoms with Crippen LogP contribution < -0.4 is 20.3 Å². The molecule has 0 radical (unpaired) electrons. The van der Waals surface area contributed by atoms with Crippen LogP contribution in [0, 0.1) is 5.82 Å². The second-order valence-electron chi connectivity index (χ2n) is 8.42. The van der Waals surface area contributed by atoms with Crippen LogP contribution >= 0.6 is 0 Å². The van der Waals surface area contributed by atoms with Gasteiger partial charge in [-0.05, 0) is 48.6 Å². The SMILES string of the molecule is COc1c(NC(=O)N[C@@H]2Cc3c(F)cccc3[C@@H]2O)cc(N2CCCC2)cc1[C@H](O)C(F)(F)F. The number of urea groups is 1. The van der Waals surface area contributed by atoms with E-state index in [-0.39, 0.29) is 17.9 Å². The number of hydrogen-bond acceptors (Lipinski definition) is 5. The van der Waals surface area contributed by atoms with Gasteiger partial charge in [0, 0.05) is 24.3 Å². The predicted octanol–water partition coefficient (Wildman–Crippen LogP) is 3.81. The average Bonchev–Trinajstić information content (AvgIpc) is 3.42. The van der Waals surface area contributed by atoms with E-state index >= 15 is 0 Å². The molecule has 1 aliphatic carbocycles. The lowest BCUT2D eigenvalue weighted by molar-refractivity contribution is -0.207. The minimum absolute atomic E-state index is 0.0551. The van der Waals surface area contributed by atoms with Crippen molar-refractivity contribution in [1.29, 1.82) is 0 Å². The summed E-state index contributed by atoms with van der Waals surface area (Å²) in [4.78, 5) is 14.6. The van der Waals surface area contributed by atoms with Crippen molar-refractivity contribution in [2.24, 2.45) is 0 Å². The van der Waals surface area contributed by atoms with Crippen molar-refractivity contribution in [3.63, 3.8) is 0 Å². The van der Waals surface area contributed by atoms with Crippen LogP contribution in [0.2, 0.25) is 0 Å². The maximum absolute atomic E-state index is 14.1. The second kappa shape index (κ2) is 9.30. The van der Waals surface area contributed by atoms with Crippen molar-refractivity contribution in [1.82, 2.24) is 5.32 Å². The third-order valence-corrected chi connectivity index (χ3v) is 6.23. The third-order valence-electron chi connectivity index (χ3n) is 6.23. The molecule has 0 spiro atoms. The number of nitrogens with zero attached hydrogens (tertiary/aromatic N) is 1. The molecule has 4 rings (SSSR count). The fraction of sp³-hybridized carbons (Fsp3) is 0.435. The molecule has 2 aliphatic rings. The molecule has 0 saturated carbocycles. The number of aliphatic hydroxyl groups excluding tert-OH is 2. The van der Waals surface area contributed by atoms with Crippen molar-refractivity contribution >= 4 is 17.4 Å². The molecule has 1 aliphatic heterocycles. The van der Waals surface area contributed by atoms with Crippen molar-refractivity contribution in [3.05, 3.63) is 52.8 Å². The summed E-state index contributed by atoms with van der Waals surface area (Å²) in [6.45, 7) is 1.25. The van der Waals surface area contributed by atoms with Crippen molar-refractivity contribution in [3.8, 4) is 5.75 Å². The topological polar surface area (TPSA) is 94.1 Å². The molecule has 3 atom stereocenters. The fourth-order valence-electron chi connectivity index (χ4n) is 4.57. The molecular weight excluding hydrogens is 458 g/mol. The molecular formula is C23H25F4N3O4. The standard InChI is InChI=1S/C23H25F4N3O4/c1-34-20-15(21(32)23(25,26)27)9-12(30-7-2-3-8-30)10-18(20)29-22(33)28-17-11-14-13(19(17)31)5-4-6-16(14)24/h4-6,9-10,17,19,21,31-32H,2-3,7-8,11H2,1H3,(H2,28,29,33)/t17-,19+,21+/m1/s1. The number of anilines is 2. The number of benzene rings is 2. The highest BCUT2D eigenvalue weighted by Crippen LogP contribution is 2.43. The van der Waals surface area contributed by atoms with Gasteiger partial charge in [0.05, 0.1) is 24.9 Å². The molecule has 11 heteroatoms. The highest BCUT2D eigenvalue weighted by atomic mass is 19.4. The number of nitrogens with one attached hydrogen (secondary N) is 2. The van der Waals surface area contributed by atoms with Gasteiger partial charge in [-0.2, -0.15) is 13.2 Å². The number of carbonyl (C=O) groups is 1. The smallest absolute Gasteiger partial charge is 0.418 e. The number of carbonyl (C=O) groups excluding carboxylic acids is 1. The summed E-state index contributed by atoms with van der Waals surface area (Å²) in [5.74, 6) is -0.823. The quantitative estimate of drug-likeness (QED) is 0.486. The first-order valence-corrected chi connectivity index (χ1v) is 10.8. The minimum Gasteiger partial charge on any atom is -0.494 e. The van der Waals surface area contributed by atoms with Crippen molar-refractivity contribution in [2.45, 2.75) is 43.7 Å². The Kier molecular flexibility index (Phi) is 6.59. The summed E-state index contributed by atoms with van der Waals surface area (Å²) in [6, 6.07) is 5.33. The van der Waals surface area contributed by atoms with Gasteiger partial charge in [-0.25, -0.2) is 9.18 Å². The summed E-state index contributed by atoms with van der Waals surface area (Å²) < 4.78 is 59.3. The molecule has 1 heterocycles. The number of rotatable bonds is 5. The van der Waals surface area contributed by atoms with Crippen molar-refractivity contribution < 1.29 is 37.3 Å². The molecule has 1 saturated heterocycles. The first-order chi connectivity index (χ1) is 16.1. The zero-order valence-corrected chi connectivity index (χ0v) is 18.3. The van der Waals surface area contributed by atoms with Gasteiger partial charge >= 0.3 is 12.2 Å². The summed E-state index contributed by atoms with van der Waals surface area (Å²) in [5, 5.41) is 25.5. The second-order valence-corrected chi connectivity index (χ2v) is 8.42. The summed E-state index contributed by atoms with van der Waals surface area (Å²) in [5.41, 5.74) is 0.477. The van der Waals surface area contributed by atoms with Crippen LogP contribution in [0.15, 0.2) is 30.3 Å². The Labute approximate surface area is 193 Å². The van der Waals surface area contributed by atoms with Gasteiger partial charge in [0.1, 0.15) is 11.6 Å². The van der Waals surface area contributed by atoms with Crippen LogP contribution in [-0.4, -0.2) is 48.7 Å². The molecule has 2 amide bonds. The Morgan fingerprint density at radius 1 is 1.24 bits per heavy atom. The Hall–Kier alpha value is -3.05. The van der Waals surface area contributed by atoms with E-state index in [4.69, 9.17) is 4.74 Å². The maximum Gasteiger partial charge on any atom is 0.418 e. The van der Waals surface area contributed by atoms with E-state index in [1.54, 1.807) is 6.07 Å². The molecule has 0 unspecified atom stereocenters.